The molecule has 2 saturated carbocycles. The van der Waals surface area contributed by atoms with Crippen LogP contribution in [0.4, 0.5) is 0 Å². The second kappa shape index (κ2) is 5.07. The molecule has 2 nitrogen and oxygen atoms in total. The molecule has 1 N–H and O–H groups in total. The maximum absolute atomic E-state index is 4.82. The molecular weight excluding hydrogens is 240 g/mol. The van der Waals surface area contributed by atoms with Crippen molar-refractivity contribution in [1.82, 2.24) is 5.32 Å². The van der Waals surface area contributed by atoms with Gasteiger partial charge in [-0.3, -0.25) is 4.99 Å². The fraction of sp³-hybridized carbons (Fsp3) is 0.933. The molecule has 3 aliphatic rings. The predicted molar refractivity (Wildman–Crippen MR) is 80.1 cm³/mol. The number of amidine groups is 1. The fourth-order valence-corrected chi connectivity index (χ4v) is 4.44. The lowest BCUT2D eigenvalue weighted by Crippen LogP contribution is -2.46. The van der Waals surface area contributed by atoms with Crippen LogP contribution < -0.4 is 5.32 Å². The molecular formula is C15H26N2S. The maximum atomic E-state index is 4.82. The minimum atomic E-state index is 0.402. The first-order valence-corrected chi connectivity index (χ1v) is 8.61. The summed E-state index contributed by atoms with van der Waals surface area (Å²) >= 11 is 1.96. The molecule has 1 saturated heterocycles. The van der Waals surface area contributed by atoms with Crippen LogP contribution in [0.3, 0.4) is 0 Å². The van der Waals surface area contributed by atoms with Crippen molar-refractivity contribution in [2.45, 2.75) is 57.9 Å². The van der Waals surface area contributed by atoms with Crippen LogP contribution in [0.25, 0.3) is 0 Å². The minimum Gasteiger partial charge on any atom is -0.359 e. The second-order valence-corrected chi connectivity index (χ2v) is 7.80. The standard InChI is InChI=1S/C15H26N2S/c1-11-5-7-15(8-6-11)10-18-14(17-15)16-9-12(2)13-3-4-13/h11-13H,3-10H2,1-2H3,(H,16,17). The van der Waals surface area contributed by atoms with E-state index in [0.29, 0.717) is 5.54 Å². The second-order valence-electron chi connectivity index (χ2n) is 6.84. The molecule has 0 radical (unpaired) electrons. The molecule has 3 rings (SSSR count). The molecule has 1 atom stereocenters. The van der Waals surface area contributed by atoms with Crippen molar-refractivity contribution in [3.05, 3.63) is 0 Å². The van der Waals surface area contributed by atoms with Gasteiger partial charge >= 0.3 is 0 Å². The average Bonchev–Trinajstić information content (AvgIpc) is 3.15. The molecule has 0 aromatic carbocycles. The van der Waals surface area contributed by atoms with Crippen LogP contribution in [0.5, 0.6) is 0 Å². The van der Waals surface area contributed by atoms with E-state index in [4.69, 9.17) is 4.99 Å². The third kappa shape index (κ3) is 2.87. The van der Waals surface area contributed by atoms with E-state index < -0.39 is 0 Å². The zero-order valence-corrected chi connectivity index (χ0v) is 12.6. The van der Waals surface area contributed by atoms with Crippen molar-refractivity contribution < 1.29 is 0 Å². The van der Waals surface area contributed by atoms with Crippen LogP contribution in [-0.2, 0) is 0 Å². The first kappa shape index (κ1) is 12.8. The Balaban J connectivity index is 1.52. The van der Waals surface area contributed by atoms with Gasteiger partial charge in [0.1, 0.15) is 0 Å². The Kier molecular flexibility index (Phi) is 3.61. The molecule has 1 aliphatic heterocycles. The highest BCUT2D eigenvalue weighted by Crippen LogP contribution is 2.39. The summed E-state index contributed by atoms with van der Waals surface area (Å²) in [5.41, 5.74) is 0.402. The van der Waals surface area contributed by atoms with Gasteiger partial charge in [0, 0.05) is 17.8 Å². The van der Waals surface area contributed by atoms with Gasteiger partial charge in [-0.2, -0.15) is 0 Å². The van der Waals surface area contributed by atoms with Crippen molar-refractivity contribution in [2.24, 2.45) is 22.7 Å². The molecule has 3 fully saturated rings. The molecule has 18 heavy (non-hydrogen) atoms. The largest absolute Gasteiger partial charge is 0.359 e. The zero-order chi connectivity index (χ0) is 12.6. The minimum absolute atomic E-state index is 0.402. The summed E-state index contributed by atoms with van der Waals surface area (Å²) in [6.07, 6.45) is 8.35. The van der Waals surface area contributed by atoms with E-state index >= 15 is 0 Å². The molecule has 1 heterocycles. The topological polar surface area (TPSA) is 24.4 Å². The Hall–Kier alpha value is -0.180. The molecule has 1 spiro atoms. The molecule has 0 bridgehead atoms. The van der Waals surface area contributed by atoms with Crippen molar-refractivity contribution in [3.63, 3.8) is 0 Å². The number of hydrogen-bond donors (Lipinski definition) is 1. The highest BCUT2D eigenvalue weighted by Gasteiger charge is 2.39. The van der Waals surface area contributed by atoms with E-state index in [2.05, 4.69) is 19.2 Å². The van der Waals surface area contributed by atoms with Crippen LogP contribution in [0.15, 0.2) is 4.99 Å². The van der Waals surface area contributed by atoms with Gasteiger partial charge in [0.15, 0.2) is 5.17 Å². The quantitative estimate of drug-likeness (QED) is 0.843. The van der Waals surface area contributed by atoms with Gasteiger partial charge < -0.3 is 5.32 Å². The zero-order valence-electron chi connectivity index (χ0n) is 11.7. The van der Waals surface area contributed by atoms with E-state index in [1.807, 2.05) is 11.8 Å². The maximum Gasteiger partial charge on any atom is 0.157 e. The van der Waals surface area contributed by atoms with Gasteiger partial charge in [0.2, 0.25) is 0 Å². The molecule has 0 aromatic rings. The SMILES string of the molecule is CC1CCC2(CC1)CSC(=NCC(C)C1CC1)N2. The lowest BCUT2D eigenvalue weighted by Gasteiger charge is -2.35. The summed E-state index contributed by atoms with van der Waals surface area (Å²) in [6, 6.07) is 0. The Morgan fingerprint density at radius 2 is 2.06 bits per heavy atom. The molecule has 0 amide bonds. The molecule has 2 aliphatic carbocycles. The van der Waals surface area contributed by atoms with E-state index in [1.165, 1.54) is 49.4 Å². The summed E-state index contributed by atoms with van der Waals surface area (Å²) in [4.78, 5) is 4.82. The monoisotopic (exact) mass is 266 g/mol. The van der Waals surface area contributed by atoms with E-state index in [9.17, 15) is 0 Å². The van der Waals surface area contributed by atoms with Crippen LogP contribution >= 0.6 is 11.8 Å². The molecule has 1 unspecified atom stereocenters. The highest BCUT2D eigenvalue weighted by atomic mass is 32.2. The normalized spacial score (nSPS) is 40.1. The van der Waals surface area contributed by atoms with E-state index in [1.54, 1.807) is 0 Å². The van der Waals surface area contributed by atoms with Crippen molar-refractivity contribution in [1.29, 1.82) is 0 Å². The smallest absolute Gasteiger partial charge is 0.157 e. The first-order chi connectivity index (χ1) is 8.67. The number of rotatable bonds is 3. The van der Waals surface area contributed by atoms with Gasteiger partial charge in [0.05, 0.1) is 0 Å². The van der Waals surface area contributed by atoms with Crippen LogP contribution in [0.1, 0.15) is 52.4 Å². The Bertz CT molecular complexity index is 327. The Labute approximate surface area is 115 Å². The highest BCUT2D eigenvalue weighted by molar-refractivity contribution is 8.14. The van der Waals surface area contributed by atoms with Gasteiger partial charge in [-0.1, -0.05) is 25.6 Å². The number of nitrogens with one attached hydrogen (secondary N) is 1. The van der Waals surface area contributed by atoms with Gasteiger partial charge in [-0.15, -0.1) is 0 Å². The summed E-state index contributed by atoms with van der Waals surface area (Å²) in [5, 5.41) is 4.99. The Morgan fingerprint density at radius 1 is 1.33 bits per heavy atom. The Morgan fingerprint density at radius 3 is 2.72 bits per heavy atom. The summed E-state index contributed by atoms with van der Waals surface area (Å²) in [7, 11) is 0. The summed E-state index contributed by atoms with van der Waals surface area (Å²) in [5.74, 6) is 3.95. The van der Waals surface area contributed by atoms with E-state index in [0.717, 1.165) is 24.3 Å². The fourth-order valence-electron chi connectivity index (χ4n) is 3.22. The van der Waals surface area contributed by atoms with Gasteiger partial charge in [-0.25, -0.2) is 0 Å². The lowest BCUT2D eigenvalue weighted by atomic mass is 9.78. The van der Waals surface area contributed by atoms with Gasteiger partial charge in [-0.05, 0) is 56.3 Å². The third-order valence-corrected chi connectivity index (χ3v) is 6.24. The van der Waals surface area contributed by atoms with E-state index in [-0.39, 0.29) is 0 Å². The average molecular weight is 266 g/mol. The van der Waals surface area contributed by atoms with Crippen molar-refractivity contribution in [3.8, 4) is 0 Å². The molecule has 102 valence electrons. The van der Waals surface area contributed by atoms with Crippen LogP contribution in [-0.4, -0.2) is 23.0 Å². The summed E-state index contributed by atoms with van der Waals surface area (Å²) in [6.45, 7) is 5.78. The summed E-state index contributed by atoms with van der Waals surface area (Å²) < 4.78 is 0. The number of hydrogen-bond acceptors (Lipinski definition) is 2. The lowest BCUT2D eigenvalue weighted by molar-refractivity contribution is 0.250. The predicted octanol–water partition coefficient (Wildman–Crippen LogP) is 3.67. The van der Waals surface area contributed by atoms with Crippen molar-refractivity contribution in [2.75, 3.05) is 12.3 Å². The van der Waals surface area contributed by atoms with Crippen molar-refractivity contribution >= 4 is 16.9 Å². The molecule has 0 aromatic heterocycles. The third-order valence-electron chi connectivity index (χ3n) is 5.04. The number of aliphatic imine (C=N–C) groups is 1. The van der Waals surface area contributed by atoms with Crippen LogP contribution in [0.2, 0.25) is 0 Å². The molecule has 3 heteroatoms. The van der Waals surface area contributed by atoms with Crippen LogP contribution in [0, 0.1) is 17.8 Å². The first-order valence-electron chi connectivity index (χ1n) is 7.62. The van der Waals surface area contributed by atoms with Gasteiger partial charge in [0.25, 0.3) is 0 Å². The number of thioether (sulfide) groups is 1. The number of nitrogens with zero attached hydrogens (tertiary/aromatic N) is 1.